The Bertz CT molecular complexity index is 392. The van der Waals surface area contributed by atoms with Crippen LogP contribution in [0.5, 0.6) is 0 Å². The normalized spacial score (nSPS) is 19.8. The fourth-order valence-corrected chi connectivity index (χ4v) is 3.08. The van der Waals surface area contributed by atoms with Crippen molar-refractivity contribution in [3.8, 4) is 0 Å². The summed E-state index contributed by atoms with van der Waals surface area (Å²) in [5.74, 6) is -0.222. The van der Waals surface area contributed by atoms with Gasteiger partial charge in [-0.2, -0.15) is 0 Å². The summed E-state index contributed by atoms with van der Waals surface area (Å²) in [7, 11) is -3.40. The van der Waals surface area contributed by atoms with Gasteiger partial charge >= 0.3 is 0 Å². The number of carbonyl (C=O) groups is 1. The summed E-state index contributed by atoms with van der Waals surface area (Å²) in [6.45, 7) is 5.55. The van der Waals surface area contributed by atoms with Crippen molar-refractivity contribution in [2.24, 2.45) is 5.41 Å². The molecule has 0 spiro atoms. The molecule has 0 heterocycles. The van der Waals surface area contributed by atoms with Crippen molar-refractivity contribution in [3.63, 3.8) is 0 Å². The van der Waals surface area contributed by atoms with E-state index in [-0.39, 0.29) is 11.9 Å². The van der Waals surface area contributed by atoms with Gasteiger partial charge in [-0.1, -0.05) is 33.6 Å². The first-order valence-electron chi connectivity index (χ1n) is 6.37. The van der Waals surface area contributed by atoms with E-state index in [9.17, 15) is 13.2 Å². The van der Waals surface area contributed by atoms with Gasteiger partial charge < -0.3 is 5.32 Å². The van der Waals surface area contributed by atoms with Gasteiger partial charge in [-0.25, -0.2) is 13.1 Å². The molecule has 0 aliphatic heterocycles. The lowest BCUT2D eigenvalue weighted by atomic mass is 9.87. The maximum absolute atomic E-state index is 12.2. The van der Waals surface area contributed by atoms with Crippen LogP contribution in [0, 0.1) is 5.41 Å². The lowest BCUT2D eigenvalue weighted by molar-refractivity contribution is -0.125. The SMILES string of the molecule is CC(C)(C)[C@@H](NS(C)(=O)=O)C(=O)NC1CCCC1. The first kappa shape index (κ1) is 15.4. The van der Waals surface area contributed by atoms with Crippen LogP contribution in [0.25, 0.3) is 0 Å². The zero-order valence-electron chi connectivity index (χ0n) is 11.6. The van der Waals surface area contributed by atoms with Crippen molar-refractivity contribution >= 4 is 15.9 Å². The Balaban J connectivity index is 2.73. The standard InChI is InChI=1S/C12H24N2O3S/c1-12(2,3)10(14-18(4,16)17)11(15)13-9-7-5-6-8-9/h9-10,14H,5-8H2,1-4H3,(H,13,15)/t10-/m0/s1. The van der Waals surface area contributed by atoms with E-state index in [0.29, 0.717) is 0 Å². The molecule has 106 valence electrons. The first-order chi connectivity index (χ1) is 8.09. The Morgan fingerprint density at radius 1 is 1.22 bits per heavy atom. The number of amides is 1. The Morgan fingerprint density at radius 3 is 2.11 bits per heavy atom. The maximum Gasteiger partial charge on any atom is 0.238 e. The zero-order valence-corrected chi connectivity index (χ0v) is 12.4. The molecule has 1 fully saturated rings. The van der Waals surface area contributed by atoms with Crippen LogP contribution >= 0.6 is 0 Å². The summed E-state index contributed by atoms with van der Waals surface area (Å²) in [6, 6.07) is -0.531. The fourth-order valence-electron chi connectivity index (χ4n) is 2.19. The number of carbonyl (C=O) groups excluding carboxylic acids is 1. The van der Waals surface area contributed by atoms with Gasteiger partial charge in [-0.15, -0.1) is 0 Å². The second kappa shape index (κ2) is 5.57. The molecule has 5 nitrogen and oxygen atoms in total. The van der Waals surface area contributed by atoms with Gasteiger partial charge in [-0.3, -0.25) is 4.79 Å². The van der Waals surface area contributed by atoms with Gasteiger partial charge in [0.25, 0.3) is 0 Å². The molecule has 0 aromatic carbocycles. The molecule has 0 saturated heterocycles. The summed E-state index contributed by atoms with van der Waals surface area (Å²) >= 11 is 0. The summed E-state index contributed by atoms with van der Waals surface area (Å²) in [6.07, 6.45) is 5.31. The van der Waals surface area contributed by atoms with Crippen molar-refractivity contribution in [3.05, 3.63) is 0 Å². The Morgan fingerprint density at radius 2 is 1.72 bits per heavy atom. The lowest BCUT2D eigenvalue weighted by Crippen LogP contribution is -2.54. The Hall–Kier alpha value is -0.620. The minimum absolute atomic E-state index is 0.198. The van der Waals surface area contributed by atoms with Crippen molar-refractivity contribution in [2.45, 2.75) is 58.5 Å². The van der Waals surface area contributed by atoms with E-state index < -0.39 is 21.5 Å². The topological polar surface area (TPSA) is 75.3 Å². The molecule has 0 aromatic rings. The fraction of sp³-hybridized carbons (Fsp3) is 0.917. The predicted molar refractivity (Wildman–Crippen MR) is 71.6 cm³/mol. The number of nitrogens with one attached hydrogen (secondary N) is 2. The molecule has 0 bridgehead atoms. The van der Waals surface area contributed by atoms with E-state index in [0.717, 1.165) is 31.9 Å². The molecule has 0 radical (unpaired) electrons. The van der Waals surface area contributed by atoms with Crippen molar-refractivity contribution in [1.82, 2.24) is 10.0 Å². The van der Waals surface area contributed by atoms with Crippen LogP contribution in [0.2, 0.25) is 0 Å². The lowest BCUT2D eigenvalue weighted by Gasteiger charge is -2.30. The second-order valence-corrected chi connectivity index (χ2v) is 7.96. The van der Waals surface area contributed by atoms with Crippen LogP contribution in [0.1, 0.15) is 46.5 Å². The number of sulfonamides is 1. The molecule has 1 rings (SSSR count). The highest BCUT2D eigenvalue weighted by Gasteiger charge is 2.34. The average Bonchev–Trinajstić information content (AvgIpc) is 2.63. The predicted octanol–water partition coefficient (Wildman–Crippen LogP) is 1.01. The summed E-state index contributed by atoms with van der Waals surface area (Å²) in [5.41, 5.74) is -0.453. The van der Waals surface area contributed by atoms with E-state index in [1.165, 1.54) is 0 Å². The Labute approximate surface area is 110 Å². The first-order valence-corrected chi connectivity index (χ1v) is 8.26. The van der Waals surface area contributed by atoms with Crippen molar-refractivity contribution < 1.29 is 13.2 Å². The Kier molecular flexibility index (Phi) is 4.78. The van der Waals surface area contributed by atoms with E-state index in [4.69, 9.17) is 0 Å². The van der Waals surface area contributed by atoms with Crippen LogP contribution < -0.4 is 10.0 Å². The maximum atomic E-state index is 12.2. The minimum Gasteiger partial charge on any atom is -0.352 e. The molecule has 0 unspecified atom stereocenters. The van der Waals surface area contributed by atoms with E-state index >= 15 is 0 Å². The third kappa shape index (κ3) is 4.94. The van der Waals surface area contributed by atoms with Gasteiger partial charge in [0.1, 0.15) is 6.04 Å². The van der Waals surface area contributed by atoms with Crippen LogP contribution in [0.4, 0.5) is 0 Å². The summed E-state index contributed by atoms with van der Waals surface area (Å²) in [5, 5.41) is 2.94. The monoisotopic (exact) mass is 276 g/mol. The average molecular weight is 276 g/mol. The number of hydrogen-bond donors (Lipinski definition) is 2. The molecule has 1 amide bonds. The smallest absolute Gasteiger partial charge is 0.238 e. The van der Waals surface area contributed by atoms with Crippen LogP contribution in [-0.2, 0) is 14.8 Å². The van der Waals surface area contributed by atoms with E-state index in [2.05, 4.69) is 10.0 Å². The quantitative estimate of drug-likeness (QED) is 0.804. The molecule has 6 heteroatoms. The zero-order chi connectivity index (χ0) is 14.0. The molecule has 1 aliphatic carbocycles. The third-order valence-corrected chi connectivity index (χ3v) is 3.83. The minimum atomic E-state index is -3.40. The van der Waals surface area contributed by atoms with Crippen LogP contribution in [0.15, 0.2) is 0 Å². The molecular formula is C12H24N2O3S. The molecule has 1 saturated carbocycles. The summed E-state index contributed by atoms with van der Waals surface area (Å²) < 4.78 is 25.1. The van der Waals surface area contributed by atoms with Gasteiger partial charge in [-0.05, 0) is 18.3 Å². The third-order valence-electron chi connectivity index (χ3n) is 3.16. The van der Waals surface area contributed by atoms with Gasteiger partial charge in [0.2, 0.25) is 15.9 Å². The highest BCUT2D eigenvalue weighted by Crippen LogP contribution is 2.22. The molecule has 0 aromatic heterocycles. The highest BCUT2D eigenvalue weighted by atomic mass is 32.2. The van der Waals surface area contributed by atoms with Gasteiger partial charge in [0.15, 0.2) is 0 Å². The largest absolute Gasteiger partial charge is 0.352 e. The van der Waals surface area contributed by atoms with E-state index in [1.54, 1.807) is 0 Å². The molecule has 18 heavy (non-hydrogen) atoms. The molecule has 2 N–H and O–H groups in total. The molecular weight excluding hydrogens is 252 g/mol. The van der Waals surface area contributed by atoms with Gasteiger partial charge in [0, 0.05) is 6.04 Å². The van der Waals surface area contributed by atoms with Gasteiger partial charge in [0.05, 0.1) is 6.26 Å². The molecule has 1 atom stereocenters. The second-order valence-electron chi connectivity index (χ2n) is 6.18. The van der Waals surface area contributed by atoms with Crippen LogP contribution in [0.3, 0.4) is 0 Å². The number of rotatable bonds is 4. The number of hydrogen-bond acceptors (Lipinski definition) is 3. The van der Waals surface area contributed by atoms with Crippen molar-refractivity contribution in [1.29, 1.82) is 0 Å². The molecule has 1 aliphatic rings. The van der Waals surface area contributed by atoms with Crippen molar-refractivity contribution in [2.75, 3.05) is 6.26 Å². The summed E-state index contributed by atoms with van der Waals surface area (Å²) in [4.78, 5) is 12.2. The van der Waals surface area contributed by atoms with Crippen LogP contribution in [-0.4, -0.2) is 32.7 Å². The van der Waals surface area contributed by atoms with E-state index in [1.807, 2.05) is 20.8 Å². The highest BCUT2D eigenvalue weighted by molar-refractivity contribution is 7.88.